The third kappa shape index (κ3) is 1.77. The van der Waals surface area contributed by atoms with Gasteiger partial charge in [-0.1, -0.05) is 28.1 Å². The predicted molar refractivity (Wildman–Crippen MR) is 73.0 cm³/mol. The fourth-order valence-electron chi connectivity index (χ4n) is 2.26. The van der Waals surface area contributed by atoms with E-state index in [-0.39, 0.29) is 10.7 Å². The van der Waals surface area contributed by atoms with Crippen LogP contribution in [0.3, 0.4) is 0 Å². The number of fused-ring (bicyclic) bond motifs is 1. The van der Waals surface area contributed by atoms with E-state index in [1.807, 2.05) is 25.2 Å². The Balaban J connectivity index is 1.97. The van der Waals surface area contributed by atoms with Gasteiger partial charge in [0, 0.05) is 18.3 Å². The number of furan rings is 1. The van der Waals surface area contributed by atoms with E-state index >= 15 is 0 Å². The fourth-order valence-corrected chi connectivity index (χ4v) is 2.80. The second-order valence-corrected chi connectivity index (χ2v) is 5.35. The first kappa shape index (κ1) is 11.5. The summed E-state index contributed by atoms with van der Waals surface area (Å²) in [6.45, 7) is 0. The zero-order chi connectivity index (χ0) is 12.7. The van der Waals surface area contributed by atoms with Crippen molar-refractivity contribution in [3.05, 3.63) is 53.5 Å². The molecule has 1 unspecified atom stereocenters. The maximum Gasteiger partial charge on any atom is 0.231 e. The van der Waals surface area contributed by atoms with Crippen LogP contribution < -0.4 is 4.90 Å². The Hall–Kier alpha value is -1.55. The zero-order valence-corrected chi connectivity index (χ0v) is 11.5. The van der Waals surface area contributed by atoms with E-state index in [1.165, 1.54) is 0 Å². The molecule has 92 valence electrons. The highest BCUT2D eigenvalue weighted by atomic mass is 79.9. The highest BCUT2D eigenvalue weighted by molar-refractivity contribution is 9.09. The summed E-state index contributed by atoms with van der Waals surface area (Å²) in [6.07, 6.45) is 3.88. The van der Waals surface area contributed by atoms with E-state index in [0.717, 1.165) is 22.4 Å². The van der Waals surface area contributed by atoms with Gasteiger partial charge in [0.1, 0.15) is 0 Å². The molecule has 1 aromatic heterocycles. The lowest BCUT2D eigenvalue weighted by molar-refractivity contribution is -0.117. The molecule has 0 aliphatic carbocycles. The van der Waals surface area contributed by atoms with Gasteiger partial charge in [0.15, 0.2) is 0 Å². The van der Waals surface area contributed by atoms with E-state index in [1.54, 1.807) is 17.4 Å². The Kier molecular flexibility index (Phi) is 2.74. The Labute approximate surface area is 114 Å². The number of hydrogen-bond donors (Lipinski definition) is 0. The molecule has 0 saturated heterocycles. The van der Waals surface area contributed by atoms with Crippen LogP contribution in [0.25, 0.3) is 0 Å². The van der Waals surface area contributed by atoms with Crippen LogP contribution in [0.4, 0.5) is 5.69 Å². The number of carbonyl (C=O) groups is 1. The average Bonchev–Trinajstić information content (AvgIpc) is 2.98. The van der Waals surface area contributed by atoms with Crippen LogP contribution in [0.2, 0.25) is 0 Å². The van der Waals surface area contributed by atoms with Gasteiger partial charge in [0.2, 0.25) is 5.91 Å². The van der Waals surface area contributed by atoms with Gasteiger partial charge < -0.3 is 9.32 Å². The van der Waals surface area contributed by atoms with Crippen LogP contribution >= 0.6 is 15.9 Å². The molecule has 2 aromatic rings. The number of alkyl halides is 1. The minimum atomic E-state index is 0.0996. The number of carbonyl (C=O) groups excluding carboxylic acids is 1. The zero-order valence-electron chi connectivity index (χ0n) is 9.89. The minimum Gasteiger partial charge on any atom is -0.472 e. The normalized spacial score (nSPS) is 15.9. The molecule has 3 nitrogen and oxygen atoms in total. The van der Waals surface area contributed by atoms with Crippen molar-refractivity contribution in [3.63, 3.8) is 0 Å². The second kappa shape index (κ2) is 4.28. The number of rotatable bonds is 2. The van der Waals surface area contributed by atoms with E-state index in [4.69, 9.17) is 4.42 Å². The molecule has 2 heterocycles. The van der Waals surface area contributed by atoms with Gasteiger partial charge in [-0.3, -0.25) is 4.79 Å². The SMILES string of the molecule is CN1C(=O)Cc2cc(C(Br)c3ccoc3)ccc21. The molecule has 1 aliphatic rings. The number of nitrogens with zero attached hydrogens (tertiary/aromatic N) is 1. The molecule has 1 amide bonds. The van der Waals surface area contributed by atoms with Crippen molar-refractivity contribution in [3.8, 4) is 0 Å². The summed E-state index contributed by atoms with van der Waals surface area (Å²) in [7, 11) is 1.82. The van der Waals surface area contributed by atoms with Crippen molar-refractivity contribution in [2.45, 2.75) is 11.2 Å². The van der Waals surface area contributed by atoms with E-state index < -0.39 is 0 Å². The standard InChI is InChI=1S/C14H12BrNO2/c1-16-12-3-2-9(6-11(12)7-13(16)17)14(15)10-4-5-18-8-10/h2-6,8,14H,7H2,1H3. The molecule has 18 heavy (non-hydrogen) atoms. The van der Waals surface area contributed by atoms with E-state index in [0.29, 0.717) is 6.42 Å². The second-order valence-electron chi connectivity index (χ2n) is 4.44. The van der Waals surface area contributed by atoms with Crippen molar-refractivity contribution in [2.75, 3.05) is 11.9 Å². The summed E-state index contributed by atoms with van der Waals surface area (Å²) in [4.78, 5) is 13.4. The van der Waals surface area contributed by atoms with Crippen LogP contribution in [0, 0.1) is 0 Å². The lowest BCUT2D eigenvalue weighted by atomic mass is 10.0. The van der Waals surface area contributed by atoms with Crippen LogP contribution in [0.1, 0.15) is 21.5 Å². The molecule has 0 radical (unpaired) electrons. The summed E-state index contributed by atoms with van der Waals surface area (Å²) in [5.41, 5.74) is 4.31. The van der Waals surface area contributed by atoms with Crippen molar-refractivity contribution in [1.82, 2.24) is 0 Å². The number of amides is 1. The summed E-state index contributed by atoms with van der Waals surface area (Å²) in [6, 6.07) is 8.07. The molecule has 0 N–H and O–H groups in total. The summed E-state index contributed by atoms with van der Waals surface area (Å²) in [5.74, 6) is 0.150. The van der Waals surface area contributed by atoms with E-state index in [9.17, 15) is 4.79 Å². The van der Waals surface area contributed by atoms with Crippen molar-refractivity contribution < 1.29 is 9.21 Å². The predicted octanol–water partition coefficient (Wildman–Crippen LogP) is 3.28. The molecule has 4 heteroatoms. The summed E-state index contributed by atoms with van der Waals surface area (Å²) < 4.78 is 5.09. The molecule has 0 fully saturated rings. The van der Waals surface area contributed by atoms with Crippen LogP contribution in [-0.4, -0.2) is 13.0 Å². The molecule has 0 bridgehead atoms. The van der Waals surface area contributed by atoms with Crippen molar-refractivity contribution >= 4 is 27.5 Å². The average molecular weight is 306 g/mol. The Morgan fingerprint density at radius 3 is 2.89 bits per heavy atom. The van der Waals surface area contributed by atoms with Gasteiger partial charge in [-0.2, -0.15) is 0 Å². The monoisotopic (exact) mass is 305 g/mol. The highest BCUT2D eigenvalue weighted by Crippen LogP contribution is 2.35. The lowest BCUT2D eigenvalue weighted by Crippen LogP contribution is -2.20. The molecule has 1 aromatic carbocycles. The van der Waals surface area contributed by atoms with Crippen LogP contribution in [0.5, 0.6) is 0 Å². The van der Waals surface area contributed by atoms with Gasteiger partial charge in [-0.05, 0) is 23.3 Å². The lowest BCUT2D eigenvalue weighted by Gasteiger charge is -2.12. The highest BCUT2D eigenvalue weighted by Gasteiger charge is 2.25. The molecular weight excluding hydrogens is 294 g/mol. The first-order valence-corrected chi connectivity index (χ1v) is 6.64. The fraction of sp³-hybridized carbons (Fsp3) is 0.214. The van der Waals surface area contributed by atoms with Gasteiger partial charge in [0.05, 0.1) is 23.8 Å². The molecule has 1 atom stereocenters. The Bertz CT molecular complexity index is 592. The number of halogens is 1. The quantitative estimate of drug-likeness (QED) is 0.798. The third-order valence-corrected chi connectivity index (χ3v) is 4.37. The Morgan fingerprint density at radius 2 is 2.17 bits per heavy atom. The smallest absolute Gasteiger partial charge is 0.231 e. The van der Waals surface area contributed by atoms with Crippen LogP contribution in [-0.2, 0) is 11.2 Å². The molecule has 0 saturated carbocycles. The number of anilines is 1. The van der Waals surface area contributed by atoms with Gasteiger partial charge >= 0.3 is 0 Å². The van der Waals surface area contributed by atoms with E-state index in [2.05, 4.69) is 22.0 Å². The minimum absolute atomic E-state index is 0.0996. The number of hydrogen-bond acceptors (Lipinski definition) is 2. The maximum atomic E-state index is 11.6. The Morgan fingerprint density at radius 1 is 1.33 bits per heavy atom. The van der Waals surface area contributed by atoms with Crippen molar-refractivity contribution in [2.24, 2.45) is 0 Å². The largest absolute Gasteiger partial charge is 0.472 e. The first-order valence-electron chi connectivity index (χ1n) is 5.72. The van der Waals surface area contributed by atoms with Gasteiger partial charge in [-0.15, -0.1) is 0 Å². The molecule has 1 aliphatic heterocycles. The third-order valence-electron chi connectivity index (χ3n) is 3.31. The van der Waals surface area contributed by atoms with Gasteiger partial charge in [-0.25, -0.2) is 0 Å². The molecular formula is C14H12BrNO2. The number of likely N-dealkylation sites (N-methyl/N-ethyl adjacent to an activating group) is 1. The molecule has 0 spiro atoms. The topological polar surface area (TPSA) is 33.5 Å². The first-order chi connectivity index (χ1) is 8.66. The summed E-state index contributed by atoms with van der Waals surface area (Å²) in [5, 5.41) is 0. The van der Waals surface area contributed by atoms with Crippen molar-refractivity contribution in [1.29, 1.82) is 0 Å². The maximum absolute atomic E-state index is 11.6. The number of benzene rings is 1. The van der Waals surface area contributed by atoms with Crippen LogP contribution in [0.15, 0.2) is 41.2 Å². The summed E-state index contributed by atoms with van der Waals surface area (Å²) >= 11 is 3.65. The van der Waals surface area contributed by atoms with Gasteiger partial charge in [0.25, 0.3) is 0 Å². The molecule has 3 rings (SSSR count).